The predicted octanol–water partition coefficient (Wildman–Crippen LogP) is 4.52. The van der Waals surface area contributed by atoms with Crippen LogP contribution in [-0.2, 0) is 11.2 Å². The number of ether oxygens (including phenoxy) is 1. The molecule has 3 rings (SSSR count). The van der Waals surface area contributed by atoms with Crippen molar-refractivity contribution in [3.8, 4) is 17.1 Å². The summed E-state index contributed by atoms with van der Waals surface area (Å²) < 4.78 is 7.13. The molecule has 31 heavy (non-hydrogen) atoms. The van der Waals surface area contributed by atoms with Crippen LogP contribution in [0.1, 0.15) is 39.2 Å². The third-order valence-corrected chi connectivity index (χ3v) is 5.46. The van der Waals surface area contributed by atoms with Crippen LogP contribution in [0.25, 0.3) is 11.4 Å². The van der Waals surface area contributed by atoms with Crippen molar-refractivity contribution in [1.29, 1.82) is 0 Å². The molecule has 0 bridgehead atoms. The zero-order valence-electron chi connectivity index (χ0n) is 18.2. The van der Waals surface area contributed by atoms with Crippen LogP contribution < -0.4 is 15.9 Å². The fourth-order valence-electron chi connectivity index (χ4n) is 3.02. The number of carbonyl (C=O) groups excluding carboxylic acids is 1. The van der Waals surface area contributed by atoms with Crippen LogP contribution in [0.3, 0.4) is 0 Å². The maximum atomic E-state index is 12.3. The van der Waals surface area contributed by atoms with Crippen molar-refractivity contribution in [2.45, 2.75) is 51.3 Å². The van der Waals surface area contributed by atoms with Crippen LogP contribution in [0.4, 0.5) is 5.69 Å². The number of nitrogens with two attached hydrogens (primary N) is 1. The highest BCUT2D eigenvalue weighted by Gasteiger charge is 2.15. The van der Waals surface area contributed by atoms with Crippen molar-refractivity contribution >= 4 is 23.4 Å². The van der Waals surface area contributed by atoms with E-state index in [-0.39, 0.29) is 17.8 Å². The fraction of sp³-hybridized carbons (Fsp3) is 0.348. The van der Waals surface area contributed by atoms with E-state index in [0.29, 0.717) is 11.0 Å². The van der Waals surface area contributed by atoms with Crippen LogP contribution in [0, 0.1) is 0 Å². The van der Waals surface area contributed by atoms with Crippen molar-refractivity contribution in [2.75, 3.05) is 16.9 Å². The molecule has 0 saturated heterocycles. The Morgan fingerprint density at radius 1 is 1.19 bits per heavy atom. The van der Waals surface area contributed by atoms with Gasteiger partial charge in [-0.3, -0.25) is 4.79 Å². The average molecular weight is 440 g/mol. The molecule has 0 spiro atoms. The molecule has 3 aromatic rings. The quantitative estimate of drug-likeness (QED) is 0.356. The van der Waals surface area contributed by atoms with Crippen LogP contribution in [0.2, 0.25) is 0 Å². The Hall–Kier alpha value is -3.00. The van der Waals surface area contributed by atoms with E-state index < -0.39 is 0 Å². The van der Waals surface area contributed by atoms with Gasteiger partial charge in [0.25, 0.3) is 0 Å². The van der Waals surface area contributed by atoms with Gasteiger partial charge in [0.05, 0.1) is 11.9 Å². The van der Waals surface area contributed by atoms with E-state index in [2.05, 4.69) is 34.6 Å². The fourth-order valence-corrected chi connectivity index (χ4v) is 3.67. The summed E-state index contributed by atoms with van der Waals surface area (Å²) in [6.45, 7) is 6.12. The van der Waals surface area contributed by atoms with Gasteiger partial charge in [0, 0.05) is 11.3 Å². The molecule has 0 atom stereocenters. The number of unbranched alkanes of at least 4 members (excludes halogenated alkanes) is 1. The smallest absolute Gasteiger partial charge is 0.234 e. The Balaban J connectivity index is 1.58. The van der Waals surface area contributed by atoms with Gasteiger partial charge in [0.2, 0.25) is 11.1 Å². The minimum atomic E-state index is -0.122. The lowest BCUT2D eigenvalue weighted by molar-refractivity contribution is -0.113. The number of rotatable bonds is 10. The van der Waals surface area contributed by atoms with Crippen LogP contribution in [0.15, 0.2) is 53.7 Å². The van der Waals surface area contributed by atoms with Gasteiger partial charge in [-0.05, 0) is 56.5 Å². The normalized spacial score (nSPS) is 11.0. The van der Waals surface area contributed by atoms with E-state index in [1.54, 1.807) is 0 Å². The molecule has 2 aromatic carbocycles. The number of benzene rings is 2. The van der Waals surface area contributed by atoms with Gasteiger partial charge in [-0.1, -0.05) is 49.4 Å². The number of aryl methyl sites for hydroxylation is 1. The summed E-state index contributed by atoms with van der Waals surface area (Å²) in [6.07, 6.45) is 3.46. The summed E-state index contributed by atoms with van der Waals surface area (Å²) in [4.78, 5) is 12.3. The number of nitrogens with zero attached hydrogens (tertiary/aromatic N) is 3. The van der Waals surface area contributed by atoms with Gasteiger partial charge in [-0.15, -0.1) is 10.2 Å². The SMILES string of the molecule is CCCCc1ccc(NC(=O)CSc2nnc(-c3cccc(OC(C)C)c3)n2N)cc1. The molecule has 0 radical (unpaired) electrons. The molecule has 0 aliphatic heterocycles. The summed E-state index contributed by atoms with van der Waals surface area (Å²) in [5, 5.41) is 11.7. The van der Waals surface area contributed by atoms with E-state index in [1.807, 2.05) is 50.2 Å². The van der Waals surface area contributed by atoms with Gasteiger partial charge in [0.15, 0.2) is 5.82 Å². The second kappa shape index (κ2) is 10.9. The third kappa shape index (κ3) is 6.49. The minimum Gasteiger partial charge on any atom is -0.491 e. The maximum Gasteiger partial charge on any atom is 0.234 e. The Bertz CT molecular complexity index is 1000. The zero-order valence-corrected chi connectivity index (χ0v) is 19.0. The van der Waals surface area contributed by atoms with Crippen molar-refractivity contribution in [2.24, 2.45) is 0 Å². The zero-order chi connectivity index (χ0) is 22.2. The number of carbonyl (C=O) groups is 1. The maximum absolute atomic E-state index is 12.3. The molecule has 1 aromatic heterocycles. The number of thioether (sulfide) groups is 1. The highest BCUT2D eigenvalue weighted by Crippen LogP contribution is 2.25. The molecule has 0 fully saturated rings. The van der Waals surface area contributed by atoms with E-state index in [4.69, 9.17) is 10.6 Å². The van der Waals surface area contributed by atoms with E-state index in [9.17, 15) is 4.79 Å². The molecule has 164 valence electrons. The van der Waals surface area contributed by atoms with E-state index >= 15 is 0 Å². The van der Waals surface area contributed by atoms with Crippen molar-refractivity contribution in [1.82, 2.24) is 14.9 Å². The first kappa shape index (κ1) is 22.7. The molecule has 1 heterocycles. The van der Waals surface area contributed by atoms with Crippen LogP contribution in [0.5, 0.6) is 5.75 Å². The summed E-state index contributed by atoms with van der Waals surface area (Å²) in [6, 6.07) is 15.5. The van der Waals surface area contributed by atoms with Crippen molar-refractivity contribution < 1.29 is 9.53 Å². The first-order valence-electron chi connectivity index (χ1n) is 10.5. The summed E-state index contributed by atoms with van der Waals surface area (Å²) in [5.74, 6) is 7.50. The highest BCUT2D eigenvalue weighted by atomic mass is 32.2. The predicted molar refractivity (Wildman–Crippen MR) is 126 cm³/mol. The standard InChI is InChI=1S/C23H29N5O2S/c1-4-5-7-17-10-12-19(13-11-17)25-21(29)15-31-23-27-26-22(28(23)24)18-8-6-9-20(14-18)30-16(2)3/h6,8-14,16H,4-5,7,15,24H2,1-3H3,(H,25,29). The third-order valence-electron chi connectivity index (χ3n) is 4.52. The Morgan fingerprint density at radius 3 is 2.68 bits per heavy atom. The van der Waals surface area contributed by atoms with Gasteiger partial charge in [0.1, 0.15) is 5.75 Å². The number of aromatic nitrogens is 3. The lowest BCUT2D eigenvalue weighted by atomic mass is 10.1. The number of hydrogen-bond donors (Lipinski definition) is 2. The Kier molecular flexibility index (Phi) is 7.94. The monoisotopic (exact) mass is 439 g/mol. The van der Waals surface area contributed by atoms with Gasteiger partial charge in [-0.25, -0.2) is 4.68 Å². The molecular formula is C23H29N5O2S. The first-order chi connectivity index (χ1) is 15.0. The summed E-state index contributed by atoms with van der Waals surface area (Å²) >= 11 is 1.24. The molecule has 8 heteroatoms. The van der Waals surface area contributed by atoms with Gasteiger partial charge < -0.3 is 15.9 Å². The molecule has 0 unspecified atom stereocenters. The van der Waals surface area contributed by atoms with Crippen LogP contribution >= 0.6 is 11.8 Å². The Labute approximate surface area is 187 Å². The van der Waals surface area contributed by atoms with Crippen molar-refractivity contribution in [3.63, 3.8) is 0 Å². The van der Waals surface area contributed by atoms with Gasteiger partial charge in [-0.2, -0.15) is 0 Å². The van der Waals surface area contributed by atoms with Gasteiger partial charge >= 0.3 is 0 Å². The lowest BCUT2D eigenvalue weighted by Gasteiger charge is -2.10. The number of hydrogen-bond acceptors (Lipinski definition) is 6. The van der Waals surface area contributed by atoms with E-state index in [0.717, 1.165) is 23.4 Å². The second-order valence-corrected chi connectivity index (χ2v) is 8.45. The molecule has 0 saturated carbocycles. The summed E-state index contributed by atoms with van der Waals surface area (Å²) in [7, 11) is 0. The molecule has 0 aliphatic rings. The van der Waals surface area contributed by atoms with E-state index in [1.165, 1.54) is 34.8 Å². The summed E-state index contributed by atoms with van der Waals surface area (Å²) in [5.41, 5.74) is 2.86. The number of anilines is 1. The molecule has 0 aliphatic carbocycles. The minimum absolute atomic E-state index is 0.0724. The first-order valence-corrected chi connectivity index (χ1v) is 11.4. The molecule has 3 N–H and O–H groups in total. The lowest BCUT2D eigenvalue weighted by Crippen LogP contribution is -2.16. The number of nitrogen functional groups attached to an aromatic ring is 1. The van der Waals surface area contributed by atoms with Crippen molar-refractivity contribution in [3.05, 3.63) is 54.1 Å². The molecular weight excluding hydrogens is 410 g/mol. The average Bonchev–Trinajstić information content (AvgIpc) is 3.12. The number of nitrogens with one attached hydrogen (secondary N) is 1. The molecule has 1 amide bonds. The second-order valence-electron chi connectivity index (χ2n) is 7.51. The number of amides is 1. The Morgan fingerprint density at radius 2 is 1.97 bits per heavy atom. The topological polar surface area (TPSA) is 95.1 Å². The van der Waals surface area contributed by atoms with Crippen LogP contribution in [-0.4, -0.2) is 32.6 Å². The molecule has 7 nitrogen and oxygen atoms in total. The highest BCUT2D eigenvalue weighted by molar-refractivity contribution is 7.99. The largest absolute Gasteiger partial charge is 0.491 e.